The predicted octanol–water partition coefficient (Wildman–Crippen LogP) is 4.48. The molecule has 20 heavy (non-hydrogen) atoms. The summed E-state index contributed by atoms with van der Waals surface area (Å²) in [4.78, 5) is 1.36. The second kappa shape index (κ2) is 5.06. The Morgan fingerprint density at radius 3 is 2.50 bits per heavy atom. The highest BCUT2D eigenvalue weighted by atomic mass is 32.1. The number of thiophene rings is 1. The Hall–Kier alpha value is -1.61. The molecule has 0 bridgehead atoms. The minimum absolute atomic E-state index is 0.202. The van der Waals surface area contributed by atoms with Crippen LogP contribution < -0.4 is 5.43 Å². The van der Waals surface area contributed by atoms with Gasteiger partial charge in [0.2, 0.25) is 0 Å². The molecule has 1 aliphatic rings. The molecule has 0 fully saturated rings. The maximum Gasteiger partial charge on any atom is 0.0838 e. The van der Waals surface area contributed by atoms with Gasteiger partial charge in [0.1, 0.15) is 0 Å². The second-order valence-electron chi connectivity index (χ2n) is 6.29. The van der Waals surface area contributed by atoms with Crippen molar-refractivity contribution in [1.29, 1.82) is 0 Å². The summed E-state index contributed by atoms with van der Waals surface area (Å²) in [5.74, 6) is 0. The van der Waals surface area contributed by atoms with Crippen LogP contribution in [0.1, 0.15) is 49.2 Å². The average molecular weight is 284 g/mol. The largest absolute Gasteiger partial charge is 0.301 e. The molecule has 0 saturated carbocycles. The zero-order chi connectivity index (χ0) is 14.2. The van der Waals surface area contributed by atoms with Crippen LogP contribution in [0, 0.1) is 0 Å². The highest BCUT2D eigenvalue weighted by molar-refractivity contribution is 7.10. The van der Waals surface area contributed by atoms with E-state index in [2.05, 4.69) is 73.1 Å². The van der Waals surface area contributed by atoms with E-state index in [-0.39, 0.29) is 5.41 Å². The summed E-state index contributed by atoms with van der Waals surface area (Å²) in [6.07, 6.45) is 0.968. The summed E-state index contributed by atoms with van der Waals surface area (Å²) in [6.45, 7) is 6.72. The lowest BCUT2D eigenvalue weighted by molar-refractivity contribution is 0.590. The summed E-state index contributed by atoms with van der Waals surface area (Å²) >= 11 is 1.79. The molecule has 1 N–H and O–H groups in total. The fourth-order valence-corrected chi connectivity index (χ4v) is 3.21. The van der Waals surface area contributed by atoms with Gasteiger partial charge in [0.25, 0.3) is 0 Å². The van der Waals surface area contributed by atoms with Crippen molar-refractivity contribution in [2.24, 2.45) is 5.10 Å². The number of rotatable bonds is 2. The Labute approximate surface area is 124 Å². The second-order valence-corrected chi connectivity index (χ2v) is 7.27. The first kappa shape index (κ1) is 13.4. The van der Waals surface area contributed by atoms with Crippen LogP contribution in [0.15, 0.2) is 46.9 Å². The third-order valence-corrected chi connectivity index (χ3v) is 4.71. The summed E-state index contributed by atoms with van der Waals surface area (Å²) in [7, 11) is 0. The van der Waals surface area contributed by atoms with Crippen LogP contribution in [0.5, 0.6) is 0 Å². The molecular formula is C17H20N2S. The zero-order valence-electron chi connectivity index (χ0n) is 12.2. The van der Waals surface area contributed by atoms with Gasteiger partial charge in [-0.25, -0.2) is 0 Å². The Kier molecular flexibility index (Phi) is 3.38. The fourth-order valence-electron chi connectivity index (χ4n) is 2.44. The summed E-state index contributed by atoms with van der Waals surface area (Å²) in [5, 5.41) is 6.63. The van der Waals surface area contributed by atoms with Crippen molar-refractivity contribution < 1.29 is 0 Å². The van der Waals surface area contributed by atoms with Crippen molar-refractivity contribution in [3.63, 3.8) is 0 Å². The van der Waals surface area contributed by atoms with Gasteiger partial charge in [0.15, 0.2) is 0 Å². The number of benzene rings is 1. The first-order valence-corrected chi connectivity index (χ1v) is 7.88. The molecule has 0 saturated heterocycles. The smallest absolute Gasteiger partial charge is 0.0838 e. The molecular weight excluding hydrogens is 264 g/mol. The molecule has 2 heterocycles. The van der Waals surface area contributed by atoms with Crippen molar-refractivity contribution in [2.45, 2.75) is 38.6 Å². The van der Waals surface area contributed by atoms with Gasteiger partial charge in [-0.2, -0.15) is 5.10 Å². The molecule has 2 aromatic rings. The van der Waals surface area contributed by atoms with Crippen LogP contribution in [0.3, 0.4) is 0 Å². The standard InChI is InChI=1S/C17H20N2S/c1-17(2,3)13-8-6-12(7-9-13)14-11-15(19-18-14)16-5-4-10-20-16/h4-10,15,19H,11H2,1-3H3. The molecule has 1 atom stereocenters. The van der Waals surface area contributed by atoms with Gasteiger partial charge in [-0.3, -0.25) is 0 Å². The molecule has 0 spiro atoms. The van der Waals surface area contributed by atoms with E-state index in [1.54, 1.807) is 11.3 Å². The molecule has 2 nitrogen and oxygen atoms in total. The van der Waals surface area contributed by atoms with Gasteiger partial charge in [0.05, 0.1) is 11.8 Å². The molecule has 3 rings (SSSR count). The molecule has 1 unspecified atom stereocenters. The van der Waals surface area contributed by atoms with Crippen LogP contribution in [-0.2, 0) is 5.41 Å². The van der Waals surface area contributed by atoms with Gasteiger partial charge in [-0.15, -0.1) is 11.3 Å². The number of hydrogen-bond donors (Lipinski definition) is 1. The van der Waals surface area contributed by atoms with Gasteiger partial charge in [-0.1, -0.05) is 51.1 Å². The van der Waals surface area contributed by atoms with Gasteiger partial charge in [0, 0.05) is 11.3 Å². The highest BCUT2D eigenvalue weighted by Gasteiger charge is 2.22. The normalized spacial score (nSPS) is 18.8. The minimum Gasteiger partial charge on any atom is -0.301 e. The lowest BCUT2D eigenvalue weighted by Gasteiger charge is -2.19. The first-order valence-electron chi connectivity index (χ1n) is 7.00. The highest BCUT2D eigenvalue weighted by Crippen LogP contribution is 2.28. The summed E-state index contributed by atoms with van der Waals surface area (Å²) < 4.78 is 0. The molecule has 1 aromatic carbocycles. The maximum atomic E-state index is 4.51. The van der Waals surface area contributed by atoms with Crippen molar-refractivity contribution >= 4 is 17.0 Å². The van der Waals surface area contributed by atoms with Crippen molar-refractivity contribution in [2.75, 3.05) is 0 Å². The molecule has 104 valence electrons. The average Bonchev–Trinajstić information content (AvgIpc) is 3.09. The van der Waals surface area contributed by atoms with Crippen molar-refractivity contribution in [1.82, 2.24) is 5.43 Å². The predicted molar refractivity (Wildman–Crippen MR) is 86.5 cm³/mol. The van der Waals surface area contributed by atoms with Crippen LogP contribution in [0.4, 0.5) is 0 Å². The SMILES string of the molecule is CC(C)(C)c1ccc(C2=NNC(c3cccs3)C2)cc1. The topological polar surface area (TPSA) is 24.4 Å². The van der Waals surface area contributed by atoms with Gasteiger partial charge in [-0.05, 0) is 28.0 Å². The summed E-state index contributed by atoms with van der Waals surface area (Å²) in [6, 6.07) is 13.4. The lowest BCUT2D eigenvalue weighted by atomic mass is 9.86. The van der Waals surface area contributed by atoms with E-state index >= 15 is 0 Å². The molecule has 0 aliphatic carbocycles. The van der Waals surface area contributed by atoms with E-state index in [9.17, 15) is 0 Å². The quantitative estimate of drug-likeness (QED) is 0.863. The lowest BCUT2D eigenvalue weighted by Crippen LogP contribution is -2.11. The molecule has 0 radical (unpaired) electrons. The van der Waals surface area contributed by atoms with E-state index in [1.807, 2.05) is 0 Å². The van der Waals surface area contributed by atoms with E-state index in [0.717, 1.165) is 12.1 Å². The van der Waals surface area contributed by atoms with Crippen LogP contribution in [0.2, 0.25) is 0 Å². The third kappa shape index (κ3) is 2.63. The molecule has 0 amide bonds. The maximum absolute atomic E-state index is 4.51. The zero-order valence-corrected chi connectivity index (χ0v) is 13.0. The Morgan fingerprint density at radius 2 is 1.90 bits per heavy atom. The number of hydrogen-bond acceptors (Lipinski definition) is 3. The van der Waals surface area contributed by atoms with Crippen molar-refractivity contribution in [3.05, 3.63) is 57.8 Å². The Morgan fingerprint density at radius 1 is 1.15 bits per heavy atom. The number of nitrogens with zero attached hydrogens (tertiary/aromatic N) is 1. The molecule has 1 aliphatic heterocycles. The monoisotopic (exact) mass is 284 g/mol. The molecule has 3 heteroatoms. The fraction of sp³-hybridized carbons (Fsp3) is 0.353. The third-order valence-electron chi connectivity index (χ3n) is 3.72. The minimum atomic E-state index is 0.202. The van der Waals surface area contributed by atoms with Gasteiger partial charge < -0.3 is 5.43 Å². The van der Waals surface area contributed by atoms with E-state index in [4.69, 9.17) is 0 Å². The van der Waals surface area contributed by atoms with Crippen LogP contribution in [0.25, 0.3) is 0 Å². The molecule has 1 aromatic heterocycles. The van der Waals surface area contributed by atoms with Crippen molar-refractivity contribution in [3.8, 4) is 0 Å². The van der Waals surface area contributed by atoms with E-state index < -0.39 is 0 Å². The Bertz CT molecular complexity index is 603. The number of nitrogens with one attached hydrogen (secondary N) is 1. The first-order chi connectivity index (χ1) is 9.54. The van der Waals surface area contributed by atoms with E-state index in [0.29, 0.717) is 6.04 Å². The number of hydrazone groups is 1. The Balaban J connectivity index is 1.75. The summed E-state index contributed by atoms with van der Waals surface area (Å²) in [5.41, 5.74) is 7.20. The van der Waals surface area contributed by atoms with Crippen LogP contribution in [-0.4, -0.2) is 5.71 Å². The van der Waals surface area contributed by atoms with Gasteiger partial charge >= 0.3 is 0 Å². The van der Waals surface area contributed by atoms with Crippen LogP contribution >= 0.6 is 11.3 Å². The van der Waals surface area contributed by atoms with E-state index in [1.165, 1.54) is 16.0 Å².